The van der Waals surface area contributed by atoms with E-state index in [0.717, 1.165) is 11.1 Å². The zero-order valence-corrected chi connectivity index (χ0v) is 10.8. The van der Waals surface area contributed by atoms with Gasteiger partial charge in [-0.25, -0.2) is 0 Å². The van der Waals surface area contributed by atoms with Crippen LogP contribution in [0.2, 0.25) is 0 Å². The molecule has 0 bridgehead atoms. The quantitative estimate of drug-likeness (QED) is 0.897. The molecule has 1 N–H and O–H groups in total. The molecule has 0 unspecified atom stereocenters. The Labute approximate surface area is 110 Å². The lowest BCUT2D eigenvalue weighted by atomic mass is 10.0. The van der Waals surface area contributed by atoms with E-state index in [-0.39, 0.29) is 11.9 Å². The molecule has 0 spiro atoms. The summed E-state index contributed by atoms with van der Waals surface area (Å²) in [6.45, 7) is -0.0528. The molecule has 0 aliphatic rings. The molecule has 0 fully saturated rings. The van der Waals surface area contributed by atoms with Gasteiger partial charge < -0.3 is 5.11 Å². The van der Waals surface area contributed by atoms with E-state index in [9.17, 15) is 4.21 Å². The monoisotopic (exact) mass is 260 g/mol. The summed E-state index contributed by atoms with van der Waals surface area (Å²) in [5.74, 6) is 0.300. The highest BCUT2D eigenvalue weighted by Crippen LogP contribution is 2.27. The normalized spacial score (nSPS) is 12.6. The van der Waals surface area contributed by atoms with Crippen LogP contribution in [0.15, 0.2) is 60.7 Å². The van der Waals surface area contributed by atoms with Crippen LogP contribution in [-0.2, 0) is 10.8 Å². The standard InChI is InChI=1S/C15H16O2S/c16-11-12-18(17)15(13-7-3-1-4-8-13)14-9-5-2-6-10-14/h1-10,15-16H,11-12H2/t18-/m1/s1. The first-order chi connectivity index (χ1) is 8.83. The van der Waals surface area contributed by atoms with E-state index in [2.05, 4.69) is 0 Å². The lowest BCUT2D eigenvalue weighted by Crippen LogP contribution is -2.13. The van der Waals surface area contributed by atoms with Gasteiger partial charge in [-0.1, -0.05) is 60.7 Å². The van der Waals surface area contributed by atoms with Gasteiger partial charge in [0, 0.05) is 16.6 Å². The van der Waals surface area contributed by atoms with Gasteiger partial charge >= 0.3 is 0 Å². The lowest BCUT2D eigenvalue weighted by Gasteiger charge is -2.17. The fourth-order valence-electron chi connectivity index (χ4n) is 1.96. The third-order valence-corrected chi connectivity index (χ3v) is 4.42. The molecule has 0 aliphatic heterocycles. The molecule has 18 heavy (non-hydrogen) atoms. The first-order valence-corrected chi connectivity index (χ1v) is 7.29. The van der Waals surface area contributed by atoms with Gasteiger partial charge in [-0.3, -0.25) is 4.21 Å². The molecule has 2 aromatic rings. The summed E-state index contributed by atoms with van der Waals surface area (Å²) in [7, 11) is -1.11. The predicted octanol–water partition coefficient (Wildman–Crippen LogP) is 2.52. The molecule has 0 aromatic heterocycles. The van der Waals surface area contributed by atoms with Crippen molar-refractivity contribution in [3.63, 3.8) is 0 Å². The molecule has 0 saturated carbocycles. The van der Waals surface area contributed by atoms with Crippen LogP contribution in [0.25, 0.3) is 0 Å². The van der Waals surface area contributed by atoms with Gasteiger partial charge in [-0.2, -0.15) is 0 Å². The number of benzene rings is 2. The maximum absolute atomic E-state index is 12.3. The molecule has 94 valence electrons. The fraction of sp³-hybridized carbons (Fsp3) is 0.200. The van der Waals surface area contributed by atoms with Crippen molar-refractivity contribution in [3.8, 4) is 0 Å². The van der Waals surface area contributed by atoms with E-state index < -0.39 is 10.8 Å². The van der Waals surface area contributed by atoms with E-state index in [4.69, 9.17) is 5.11 Å². The minimum absolute atomic E-state index is 0.0528. The van der Waals surface area contributed by atoms with Gasteiger partial charge in [0.25, 0.3) is 0 Å². The summed E-state index contributed by atoms with van der Waals surface area (Å²) in [6.07, 6.45) is 0. The van der Waals surface area contributed by atoms with Crippen LogP contribution in [0.3, 0.4) is 0 Å². The number of aliphatic hydroxyl groups excluding tert-OH is 1. The number of hydrogen-bond donors (Lipinski definition) is 1. The Morgan fingerprint density at radius 2 is 1.33 bits per heavy atom. The van der Waals surface area contributed by atoms with Crippen LogP contribution in [-0.4, -0.2) is 21.7 Å². The van der Waals surface area contributed by atoms with Gasteiger partial charge in [0.15, 0.2) is 0 Å². The summed E-state index contributed by atoms with van der Waals surface area (Å²) in [5.41, 5.74) is 2.05. The van der Waals surface area contributed by atoms with Crippen LogP contribution in [0.1, 0.15) is 16.4 Å². The highest BCUT2D eigenvalue weighted by atomic mass is 32.2. The maximum atomic E-state index is 12.3. The van der Waals surface area contributed by atoms with Crippen LogP contribution < -0.4 is 0 Å². The third kappa shape index (κ3) is 3.06. The largest absolute Gasteiger partial charge is 0.395 e. The molecule has 0 radical (unpaired) electrons. The summed E-state index contributed by atoms with van der Waals surface area (Å²) >= 11 is 0. The molecule has 2 rings (SSSR count). The van der Waals surface area contributed by atoms with E-state index in [1.807, 2.05) is 60.7 Å². The molecular formula is C15H16O2S. The Morgan fingerprint density at radius 3 is 1.72 bits per heavy atom. The molecule has 2 aromatic carbocycles. The van der Waals surface area contributed by atoms with Crippen LogP contribution in [0.4, 0.5) is 0 Å². The van der Waals surface area contributed by atoms with Crippen molar-refractivity contribution in [1.29, 1.82) is 0 Å². The molecular weight excluding hydrogens is 244 g/mol. The Bertz CT molecular complexity index is 457. The second-order valence-electron chi connectivity index (χ2n) is 4.01. The summed E-state index contributed by atoms with van der Waals surface area (Å²) in [4.78, 5) is 0. The minimum atomic E-state index is -1.11. The second-order valence-corrected chi connectivity index (χ2v) is 5.65. The highest BCUT2D eigenvalue weighted by molar-refractivity contribution is 7.85. The van der Waals surface area contributed by atoms with Crippen LogP contribution in [0.5, 0.6) is 0 Å². The van der Waals surface area contributed by atoms with Crippen molar-refractivity contribution in [3.05, 3.63) is 71.8 Å². The fourth-order valence-corrected chi connectivity index (χ4v) is 3.30. The third-order valence-electron chi connectivity index (χ3n) is 2.76. The van der Waals surface area contributed by atoms with Crippen LogP contribution >= 0.6 is 0 Å². The van der Waals surface area contributed by atoms with Gasteiger partial charge in [0.2, 0.25) is 0 Å². The van der Waals surface area contributed by atoms with Gasteiger partial charge in [-0.15, -0.1) is 0 Å². The predicted molar refractivity (Wildman–Crippen MR) is 74.8 cm³/mol. The van der Waals surface area contributed by atoms with Gasteiger partial charge in [0.1, 0.15) is 0 Å². The Kier molecular flexibility index (Phi) is 4.67. The van der Waals surface area contributed by atoms with Gasteiger partial charge in [0.05, 0.1) is 11.9 Å². The molecule has 2 nitrogen and oxygen atoms in total. The van der Waals surface area contributed by atoms with Crippen molar-refractivity contribution in [1.82, 2.24) is 0 Å². The maximum Gasteiger partial charge on any atom is 0.0847 e. The zero-order valence-electron chi connectivity index (χ0n) is 10.0. The van der Waals surface area contributed by atoms with Crippen molar-refractivity contribution < 1.29 is 9.32 Å². The summed E-state index contributed by atoms with van der Waals surface area (Å²) < 4.78 is 12.3. The highest BCUT2D eigenvalue weighted by Gasteiger charge is 2.20. The van der Waals surface area contributed by atoms with Crippen molar-refractivity contribution in [2.45, 2.75) is 5.25 Å². The topological polar surface area (TPSA) is 37.3 Å². The molecule has 0 saturated heterocycles. The Hall–Kier alpha value is -1.45. The molecule has 0 heterocycles. The van der Waals surface area contributed by atoms with Crippen molar-refractivity contribution in [2.75, 3.05) is 12.4 Å². The Morgan fingerprint density at radius 1 is 0.889 bits per heavy atom. The summed E-state index contributed by atoms with van der Waals surface area (Å²) in [6, 6.07) is 19.6. The first kappa shape index (κ1) is 13.0. The van der Waals surface area contributed by atoms with E-state index in [1.165, 1.54) is 0 Å². The van der Waals surface area contributed by atoms with E-state index >= 15 is 0 Å². The van der Waals surface area contributed by atoms with Crippen molar-refractivity contribution in [2.24, 2.45) is 0 Å². The summed E-state index contributed by atoms with van der Waals surface area (Å²) in [5, 5.41) is 8.82. The number of hydrogen-bond acceptors (Lipinski definition) is 2. The molecule has 0 aliphatic carbocycles. The molecule has 3 heteroatoms. The molecule has 1 atom stereocenters. The average Bonchev–Trinajstić information content (AvgIpc) is 2.42. The second kappa shape index (κ2) is 6.47. The lowest BCUT2D eigenvalue weighted by molar-refractivity contribution is 0.321. The smallest absolute Gasteiger partial charge is 0.0847 e. The van der Waals surface area contributed by atoms with E-state index in [0.29, 0.717) is 5.75 Å². The first-order valence-electron chi connectivity index (χ1n) is 5.91. The van der Waals surface area contributed by atoms with Gasteiger partial charge in [-0.05, 0) is 11.1 Å². The SMILES string of the molecule is O=[S@](CCO)C(c1ccccc1)c1ccccc1. The minimum Gasteiger partial charge on any atom is -0.395 e. The van der Waals surface area contributed by atoms with Crippen molar-refractivity contribution >= 4 is 10.8 Å². The van der Waals surface area contributed by atoms with E-state index in [1.54, 1.807) is 0 Å². The zero-order chi connectivity index (χ0) is 12.8. The molecule has 0 amide bonds. The van der Waals surface area contributed by atoms with Crippen LogP contribution in [0, 0.1) is 0 Å². The average molecular weight is 260 g/mol. The Balaban J connectivity index is 2.38. The number of rotatable bonds is 5. The number of aliphatic hydroxyl groups is 1.